The summed E-state index contributed by atoms with van der Waals surface area (Å²) in [6.45, 7) is 7.27. The number of carboxylic acid groups (broad SMARTS) is 1. The molecule has 1 amide bonds. The zero-order valence-corrected chi connectivity index (χ0v) is 11.7. The van der Waals surface area contributed by atoms with Crippen LogP contribution in [0.3, 0.4) is 0 Å². The molecule has 1 aromatic rings. The Hall–Kier alpha value is -1.88. The van der Waals surface area contributed by atoms with Crippen LogP contribution in [0.1, 0.15) is 36.7 Å². The van der Waals surface area contributed by atoms with Crippen LogP contribution >= 0.6 is 0 Å². The normalized spacial score (nSPS) is 12.9. The predicted octanol–water partition coefficient (Wildman–Crippen LogP) is 2.01. The highest BCUT2D eigenvalue weighted by atomic mass is 16.4. The molecule has 0 saturated carbocycles. The Kier molecular flexibility index (Phi) is 4.32. The van der Waals surface area contributed by atoms with E-state index in [0.717, 1.165) is 0 Å². The third-order valence-corrected chi connectivity index (χ3v) is 3.04. The van der Waals surface area contributed by atoms with Crippen molar-refractivity contribution >= 4 is 17.6 Å². The topological polar surface area (TPSA) is 92.4 Å². The fourth-order valence-electron chi connectivity index (χ4n) is 1.61. The van der Waals surface area contributed by atoms with Crippen LogP contribution in [0.15, 0.2) is 18.2 Å². The van der Waals surface area contributed by atoms with Gasteiger partial charge in [-0.25, -0.2) is 4.79 Å². The highest BCUT2D eigenvalue weighted by Crippen LogP contribution is 2.22. The Morgan fingerprint density at radius 2 is 1.89 bits per heavy atom. The first-order chi connectivity index (χ1) is 8.64. The maximum atomic E-state index is 12.0. The van der Waals surface area contributed by atoms with Gasteiger partial charge in [-0.2, -0.15) is 0 Å². The number of anilines is 1. The van der Waals surface area contributed by atoms with Gasteiger partial charge in [0.25, 0.3) is 0 Å². The molecule has 104 valence electrons. The van der Waals surface area contributed by atoms with Crippen LogP contribution in [-0.2, 0) is 4.79 Å². The minimum Gasteiger partial charge on any atom is -0.478 e. The summed E-state index contributed by atoms with van der Waals surface area (Å²) in [7, 11) is 0. The molecule has 0 spiro atoms. The lowest BCUT2D eigenvalue weighted by molar-refractivity contribution is -0.119. The summed E-state index contributed by atoms with van der Waals surface area (Å²) < 4.78 is 0. The van der Waals surface area contributed by atoms with Gasteiger partial charge >= 0.3 is 5.97 Å². The summed E-state index contributed by atoms with van der Waals surface area (Å²) in [4.78, 5) is 23.0. The van der Waals surface area contributed by atoms with Gasteiger partial charge in [0.15, 0.2) is 0 Å². The van der Waals surface area contributed by atoms with E-state index in [2.05, 4.69) is 5.32 Å². The van der Waals surface area contributed by atoms with Gasteiger partial charge in [-0.3, -0.25) is 4.79 Å². The minimum atomic E-state index is -1.02. The number of carboxylic acids is 1. The number of hydrogen-bond acceptors (Lipinski definition) is 3. The summed E-state index contributed by atoms with van der Waals surface area (Å²) in [6.07, 6.45) is 0. The highest BCUT2D eigenvalue weighted by molar-refractivity contribution is 5.98. The lowest BCUT2D eigenvalue weighted by Crippen LogP contribution is -2.45. The third kappa shape index (κ3) is 3.54. The van der Waals surface area contributed by atoms with E-state index in [4.69, 9.17) is 10.8 Å². The van der Waals surface area contributed by atoms with Gasteiger partial charge in [0, 0.05) is 5.69 Å². The van der Waals surface area contributed by atoms with Crippen LogP contribution < -0.4 is 11.1 Å². The number of rotatable bonds is 3. The highest BCUT2D eigenvalue weighted by Gasteiger charge is 2.27. The molecule has 4 N–H and O–H groups in total. The van der Waals surface area contributed by atoms with Crippen LogP contribution in [0, 0.1) is 12.3 Å². The second-order valence-electron chi connectivity index (χ2n) is 5.62. The van der Waals surface area contributed by atoms with Crippen LogP contribution in [0.4, 0.5) is 5.69 Å². The smallest absolute Gasteiger partial charge is 0.336 e. The Morgan fingerprint density at radius 3 is 2.37 bits per heavy atom. The van der Waals surface area contributed by atoms with Crippen molar-refractivity contribution in [1.82, 2.24) is 0 Å². The van der Waals surface area contributed by atoms with Gasteiger partial charge in [-0.15, -0.1) is 0 Å². The van der Waals surface area contributed by atoms with Gasteiger partial charge < -0.3 is 16.2 Å². The lowest BCUT2D eigenvalue weighted by atomic mass is 9.87. The number of carbonyl (C=O) groups is 2. The monoisotopic (exact) mass is 264 g/mol. The standard InChI is InChI=1S/C14H20N2O3/c1-8-9(13(18)19)6-5-7-10(8)16-12(17)11(15)14(2,3)4/h5-7,11H,15H2,1-4H3,(H,16,17)(H,18,19)/t11-/m1/s1. The van der Waals surface area contributed by atoms with Crippen LogP contribution in [-0.4, -0.2) is 23.0 Å². The van der Waals surface area contributed by atoms with E-state index in [-0.39, 0.29) is 16.9 Å². The van der Waals surface area contributed by atoms with Gasteiger partial charge in [0.1, 0.15) is 0 Å². The molecule has 0 unspecified atom stereocenters. The molecule has 0 aromatic heterocycles. The quantitative estimate of drug-likeness (QED) is 0.778. The van der Waals surface area contributed by atoms with Crippen molar-refractivity contribution in [1.29, 1.82) is 0 Å². The number of aromatic carboxylic acids is 1. The molecular weight excluding hydrogens is 244 g/mol. The summed E-state index contributed by atoms with van der Waals surface area (Å²) in [5.74, 6) is -1.34. The molecule has 5 nitrogen and oxygen atoms in total. The third-order valence-electron chi connectivity index (χ3n) is 3.04. The number of amides is 1. The molecule has 0 bridgehead atoms. The molecule has 0 aliphatic carbocycles. The molecule has 0 radical (unpaired) electrons. The van der Waals surface area contributed by atoms with E-state index < -0.39 is 12.0 Å². The van der Waals surface area contributed by atoms with E-state index in [0.29, 0.717) is 11.3 Å². The Balaban J connectivity index is 2.98. The first-order valence-electron chi connectivity index (χ1n) is 6.04. The van der Waals surface area contributed by atoms with E-state index >= 15 is 0 Å². The van der Waals surface area contributed by atoms with Gasteiger partial charge in [-0.1, -0.05) is 26.8 Å². The van der Waals surface area contributed by atoms with Crippen LogP contribution in [0.2, 0.25) is 0 Å². The lowest BCUT2D eigenvalue weighted by Gasteiger charge is -2.26. The molecule has 1 atom stereocenters. The van der Waals surface area contributed by atoms with Crippen molar-refractivity contribution in [3.05, 3.63) is 29.3 Å². The Labute approximate surface area is 112 Å². The average Bonchev–Trinajstić information content (AvgIpc) is 2.29. The molecule has 1 rings (SSSR count). The van der Waals surface area contributed by atoms with Crippen molar-refractivity contribution in [3.8, 4) is 0 Å². The molecule has 0 fully saturated rings. The number of nitrogens with two attached hydrogens (primary N) is 1. The first-order valence-corrected chi connectivity index (χ1v) is 6.04. The van der Waals surface area contributed by atoms with E-state index in [1.165, 1.54) is 6.07 Å². The average molecular weight is 264 g/mol. The Morgan fingerprint density at radius 1 is 1.32 bits per heavy atom. The SMILES string of the molecule is Cc1c(NC(=O)[C@@H](N)C(C)(C)C)cccc1C(=O)O. The fraction of sp³-hybridized carbons (Fsp3) is 0.429. The van der Waals surface area contributed by atoms with Gasteiger partial charge in [-0.05, 0) is 30.0 Å². The Bertz CT molecular complexity index is 504. The van der Waals surface area contributed by atoms with Crippen molar-refractivity contribution < 1.29 is 14.7 Å². The number of carbonyl (C=O) groups excluding carboxylic acids is 1. The van der Waals surface area contributed by atoms with Gasteiger partial charge in [0.2, 0.25) is 5.91 Å². The summed E-state index contributed by atoms with van der Waals surface area (Å²) in [6, 6.07) is 4.08. The molecular formula is C14H20N2O3. The van der Waals surface area contributed by atoms with Crippen molar-refractivity contribution in [2.45, 2.75) is 33.7 Å². The van der Waals surface area contributed by atoms with Crippen molar-refractivity contribution in [2.24, 2.45) is 11.1 Å². The zero-order valence-electron chi connectivity index (χ0n) is 11.7. The molecule has 5 heteroatoms. The van der Waals surface area contributed by atoms with Crippen molar-refractivity contribution in [2.75, 3.05) is 5.32 Å². The molecule has 19 heavy (non-hydrogen) atoms. The molecule has 0 heterocycles. The van der Waals surface area contributed by atoms with E-state index in [1.807, 2.05) is 20.8 Å². The molecule has 1 aromatic carbocycles. The number of hydrogen-bond donors (Lipinski definition) is 3. The minimum absolute atomic E-state index is 0.169. The van der Waals surface area contributed by atoms with Crippen LogP contribution in [0.25, 0.3) is 0 Å². The van der Waals surface area contributed by atoms with Crippen molar-refractivity contribution in [3.63, 3.8) is 0 Å². The summed E-state index contributed by atoms with van der Waals surface area (Å²) in [5.41, 5.74) is 6.67. The number of nitrogens with one attached hydrogen (secondary N) is 1. The zero-order chi connectivity index (χ0) is 14.8. The molecule has 0 aliphatic heterocycles. The van der Waals surface area contributed by atoms with Gasteiger partial charge in [0.05, 0.1) is 11.6 Å². The first kappa shape index (κ1) is 15.2. The summed E-state index contributed by atoms with van der Waals surface area (Å²) in [5, 5.41) is 11.7. The second kappa shape index (κ2) is 5.40. The second-order valence-corrected chi connectivity index (χ2v) is 5.62. The maximum Gasteiger partial charge on any atom is 0.336 e. The molecule has 0 saturated heterocycles. The molecule has 0 aliphatic rings. The van der Waals surface area contributed by atoms with E-state index in [1.54, 1.807) is 19.1 Å². The van der Waals surface area contributed by atoms with Crippen LogP contribution in [0.5, 0.6) is 0 Å². The number of benzene rings is 1. The largest absolute Gasteiger partial charge is 0.478 e. The summed E-state index contributed by atoms with van der Waals surface area (Å²) >= 11 is 0. The predicted molar refractivity (Wildman–Crippen MR) is 74.2 cm³/mol. The maximum absolute atomic E-state index is 12.0. The fourth-order valence-corrected chi connectivity index (χ4v) is 1.61. The van der Waals surface area contributed by atoms with E-state index in [9.17, 15) is 9.59 Å².